The fourth-order valence-electron chi connectivity index (χ4n) is 8.44. The molecule has 168 valence electrons. The van der Waals surface area contributed by atoms with Crippen LogP contribution < -0.4 is 0 Å². The van der Waals surface area contributed by atoms with Crippen molar-refractivity contribution >= 4 is 11.9 Å². The topological polar surface area (TPSA) is 75.7 Å². The lowest BCUT2D eigenvalue weighted by Crippen LogP contribution is -2.53. The predicted octanol–water partition coefficient (Wildman–Crippen LogP) is 6.52. The minimum atomic E-state index is -0.423. The number of phenolic OH excluding ortho intramolecular Hbond substituents is 1. The summed E-state index contributed by atoms with van der Waals surface area (Å²) in [5.74, 6) is 3.46. The average molecular weight is 425 g/mol. The van der Waals surface area contributed by atoms with Gasteiger partial charge in [0.15, 0.2) is 0 Å². The molecule has 0 amide bonds. The van der Waals surface area contributed by atoms with Gasteiger partial charge in [0.1, 0.15) is 5.75 Å². The number of hydrogen-bond donors (Lipinski definition) is 1. The van der Waals surface area contributed by atoms with Crippen LogP contribution in [0.2, 0.25) is 0 Å². The normalized spacial score (nSPS) is 42.1. The van der Waals surface area contributed by atoms with E-state index in [4.69, 9.17) is 4.99 Å². The summed E-state index contributed by atoms with van der Waals surface area (Å²) in [5, 5.41) is 21.3. The van der Waals surface area contributed by atoms with Gasteiger partial charge in [0.2, 0.25) is 0 Å². The van der Waals surface area contributed by atoms with E-state index < -0.39 is 4.92 Å². The minimum absolute atomic E-state index is 0.00671. The SMILES string of the molecule is C[C@]12CCCC[C@H]1CC[C@@H]1[C@@H]2CC[C@]2(C)[C@H](N=Cc3cc([N+](=O)[O-])ccc3O)CC[C@@H]12. The Kier molecular flexibility index (Phi) is 5.14. The van der Waals surface area contributed by atoms with Crippen LogP contribution in [0.1, 0.15) is 83.6 Å². The number of nitro groups is 1. The van der Waals surface area contributed by atoms with Crippen molar-refractivity contribution in [2.24, 2.45) is 39.5 Å². The highest BCUT2D eigenvalue weighted by Crippen LogP contribution is 2.66. The maximum absolute atomic E-state index is 11.1. The van der Waals surface area contributed by atoms with Crippen molar-refractivity contribution in [1.29, 1.82) is 0 Å². The van der Waals surface area contributed by atoms with Crippen LogP contribution in [0.4, 0.5) is 5.69 Å². The highest BCUT2D eigenvalue weighted by molar-refractivity contribution is 5.84. The standard InChI is InChI=1S/C26H36N2O3/c1-25-13-4-3-5-18(25)6-8-20-21-9-11-24(26(21,2)14-12-22(20)25)27-16-17-15-19(28(30)31)7-10-23(17)29/h7,10,15-16,18,20-22,24,29H,3-6,8-9,11-14H2,1-2H3/t18-,20-,21-,22-,24+,25-,26-/m0/s1. The van der Waals surface area contributed by atoms with E-state index in [0.29, 0.717) is 11.0 Å². The largest absolute Gasteiger partial charge is 0.507 e. The molecule has 1 aromatic rings. The molecule has 4 aliphatic carbocycles. The summed E-state index contributed by atoms with van der Waals surface area (Å²) in [6.45, 7) is 5.07. The molecule has 5 nitrogen and oxygen atoms in total. The molecule has 7 atom stereocenters. The van der Waals surface area contributed by atoms with E-state index >= 15 is 0 Å². The summed E-state index contributed by atoms with van der Waals surface area (Å²) < 4.78 is 0. The Morgan fingerprint density at radius 3 is 2.65 bits per heavy atom. The summed E-state index contributed by atoms with van der Waals surface area (Å²) in [6.07, 6.45) is 15.1. The van der Waals surface area contributed by atoms with Crippen LogP contribution in [0.25, 0.3) is 0 Å². The monoisotopic (exact) mass is 424 g/mol. The summed E-state index contributed by atoms with van der Waals surface area (Å²) in [6, 6.07) is 4.40. The third-order valence-electron chi connectivity index (χ3n) is 10.1. The van der Waals surface area contributed by atoms with Gasteiger partial charge in [-0.2, -0.15) is 0 Å². The third kappa shape index (κ3) is 3.30. The van der Waals surface area contributed by atoms with Crippen molar-refractivity contribution in [3.8, 4) is 5.75 Å². The summed E-state index contributed by atoms with van der Waals surface area (Å²) in [7, 11) is 0. The van der Waals surface area contributed by atoms with E-state index in [2.05, 4.69) is 13.8 Å². The first kappa shape index (κ1) is 21.0. The fraction of sp³-hybridized carbons (Fsp3) is 0.731. The van der Waals surface area contributed by atoms with Crippen LogP contribution in [0, 0.1) is 44.6 Å². The quantitative estimate of drug-likeness (QED) is 0.341. The van der Waals surface area contributed by atoms with Crippen molar-refractivity contribution in [3.63, 3.8) is 0 Å². The van der Waals surface area contributed by atoms with Crippen molar-refractivity contribution in [2.75, 3.05) is 0 Å². The second-order valence-corrected chi connectivity index (χ2v) is 11.3. The first-order chi connectivity index (χ1) is 14.8. The molecule has 0 heterocycles. The van der Waals surface area contributed by atoms with Crippen molar-refractivity contribution in [3.05, 3.63) is 33.9 Å². The van der Waals surface area contributed by atoms with E-state index in [1.807, 2.05) is 0 Å². The molecule has 1 N–H and O–H groups in total. The Morgan fingerprint density at radius 1 is 1.03 bits per heavy atom. The molecule has 0 spiro atoms. The van der Waals surface area contributed by atoms with Gasteiger partial charge in [-0.1, -0.05) is 26.7 Å². The number of phenols is 1. The van der Waals surface area contributed by atoms with Crippen LogP contribution in [0.15, 0.2) is 23.2 Å². The van der Waals surface area contributed by atoms with Gasteiger partial charge in [0.25, 0.3) is 5.69 Å². The first-order valence-electron chi connectivity index (χ1n) is 12.3. The van der Waals surface area contributed by atoms with Gasteiger partial charge in [0.05, 0.1) is 11.0 Å². The molecule has 4 saturated carbocycles. The van der Waals surface area contributed by atoms with Gasteiger partial charge in [-0.05, 0) is 91.9 Å². The van der Waals surface area contributed by atoms with Gasteiger partial charge in [-0.3, -0.25) is 15.1 Å². The van der Waals surface area contributed by atoms with Gasteiger partial charge >= 0.3 is 0 Å². The number of aromatic hydroxyl groups is 1. The van der Waals surface area contributed by atoms with E-state index in [1.165, 1.54) is 76.0 Å². The molecule has 0 aliphatic heterocycles. The number of aliphatic imine (C=N–C) groups is 1. The van der Waals surface area contributed by atoms with E-state index in [0.717, 1.165) is 30.1 Å². The Bertz CT molecular complexity index is 899. The second kappa shape index (κ2) is 7.60. The lowest BCUT2D eigenvalue weighted by Gasteiger charge is -2.60. The number of rotatable bonds is 3. The molecular formula is C26H36N2O3. The van der Waals surface area contributed by atoms with Gasteiger partial charge in [0, 0.05) is 23.9 Å². The molecule has 0 saturated heterocycles. The molecule has 5 rings (SSSR count). The summed E-state index contributed by atoms with van der Waals surface area (Å²) >= 11 is 0. The Labute approximate surface area is 185 Å². The molecule has 4 fully saturated rings. The van der Waals surface area contributed by atoms with E-state index in [-0.39, 0.29) is 22.9 Å². The zero-order chi connectivity index (χ0) is 21.8. The van der Waals surface area contributed by atoms with Crippen molar-refractivity contribution < 1.29 is 10.0 Å². The molecule has 0 radical (unpaired) electrons. The lowest BCUT2D eigenvalue weighted by molar-refractivity contribution is -0.384. The zero-order valence-electron chi connectivity index (χ0n) is 18.9. The molecule has 0 unspecified atom stereocenters. The fourth-order valence-corrected chi connectivity index (χ4v) is 8.44. The lowest BCUT2D eigenvalue weighted by atomic mass is 9.45. The molecule has 31 heavy (non-hydrogen) atoms. The Hall–Kier alpha value is -1.91. The van der Waals surface area contributed by atoms with Gasteiger partial charge < -0.3 is 5.11 Å². The zero-order valence-corrected chi connectivity index (χ0v) is 18.9. The predicted molar refractivity (Wildman–Crippen MR) is 122 cm³/mol. The van der Waals surface area contributed by atoms with Crippen LogP contribution >= 0.6 is 0 Å². The maximum atomic E-state index is 11.1. The summed E-state index contributed by atoms with van der Waals surface area (Å²) in [4.78, 5) is 15.6. The molecule has 0 bridgehead atoms. The third-order valence-corrected chi connectivity index (χ3v) is 10.1. The number of fused-ring (bicyclic) bond motifs is 5. The number of benzene rings is 1. The Morgan fingerprint density at radius 2 is 1.84 bits per heavy atom. The van der Waals surface area contributed by atoms with Crippen LogP contribution in [-0.4, -0.2) is 22.3 Å². The number of hydrogen-bond acceptors (Lipinski definition) is 4. The maximum Gasteiger partial charge on any atom is 0.270 e. The number of non-ortho nitro benzene ring substituents is 1. The van der Waals surface area contributed by atoms with E-state index in [1.54, 1.807) is 6.21 Å². The minimum Gasteiger partial charge on any atom is -0.507 e. The van der Waals surface area contributed by atoms with Crippen molar-refractivity contribution in [2.45, 2.75) is 84.1 Å². The summed E-state index contributed by atoms with van der Waals surface area (Å²) in [5.41, 5.74) is 1.21. The molecule has 4 aliphatic rings. The Balaban J connectivity index is 1.37. The first-order valence-corrected chi connectivity index (χ1v) is 12.3. The van der Waals surface area contributed by atoms with Crippen LogP contribution in [0.5, 0.6) is 5.75 Å². The highest BCUT2D eigenvalue weighted by Gasteiger charge is 2.59. The van der Waals surface area contributed by atoms with Crippen LogP contribution in [-0.2, 0) is 0 Å². The molecule has 0 aromatic heterocycles. The molecular weight excluding hydrogens is 388 g/mol. The smallest absolute Gasteiger partial charge is 0.270 e. The highest BCUT2D eigenvalue weighted by atomic mass is 16.6. The molecule has 5 heteroatoms. The van der Waals surface area contributed by atoms with Gasteiger partial charge in [-0.25, -0.2) is 0 Å². The van der Waals surface area contributed by atoms with Crippen LogP contribution in [0.3, 0.4) is 0 Å². The molecule has 1 aromatic carbocycles. The van der Waals surface area contributed by atoms with Crippen molar-refractivity contribution in [1.82, 2.24) is 0 Å². The number of nitrogens with zero attached hydrogens (tertiary/aromatic N) is 2. The number of nitro benzene ring substituents is 1. The average Bonchev–Trinajstić information content (AvgIpc) is 3.09. The second-order valence-electron chi connectivity index (χ2n) is 11.3. The van der Waals surface area contributed by atoms with E-state index in [9.17, 15) is 15.2 Å². The van der Waals surface area contributed by atoms with Gasteiger partial charge in [-0.15, -0.1) is 0 Å².